The summed E-state index contributed by atoms with van der Waals surface area (Å²) in [5.41, 5.74) is 2.62. The van der Waals surface area contributed by atoms with Crippen molar-refractivity contribution in [2.24, 2.45) is 11.8 Å². The highest BCUT2D eigenvalue weighted by Crippen LogP contribution is 2.37. The third-order valence-electron chi connectivity index (χ3n) is 6.59. The van der Waals surface area contributed by atoms with Gasteiger partial charge in [-0.25, -0.2) is 0 Å². The Hall–Kier alpha value is -3.41. The van der Waals surface area contributed by atoms with Crippen molar-refractivity contribution in [2.75, 3.05) is 20.2 Å². The number of hydrogen-bond acceptors (Lipinski definition) is 4. The van der Waals surface area contributed by atoms with Crippen molar-refractivity contribution < 1.29 is 19.1 Å². The number of fused-ring (bicyclic) bond motifs is 1. The molecule has 0 spiro atoms. The maximum Gasteiger partial charge on any atom is 0.253 e. The largest absolute Gasteiger partial charge is 0.497 e. The van der Waals surface area contributed by atoms with E-state index < -0.39 is 0 Å². The molecule has 6 nitrogen and oxygen atoms in total. The van der Waals surface area contributed by atoms with E-state index in [-0.39, 0.29) is 35.6 Å². The van der Waals surface area contributed by atoms with Gasteiger partial charge in [0.2, 0.25) is 11.8 Å². The minimum absolute atomic E-state index is 0.0703. The van der Waals surface area contributed by atoms with Crippen LogP contribution in [0, 0.1) is 11.8 Å². The van der Waals surface area contributed by atoms with Gasteiger partial charge in [0.25, 0.3) is 5.91 Å². The van der Waals surface area contributed by atoms with Crippen LogP contribution in [-0.2, 0) is 9.59 Å². The summed E-state index contributed by atoms with van der Waals surface area (Å²) in [6.07, 6.45) is 5.25. The van der Waals surface area contributed by atoms with Crippen LogP contribution in [0.15, 0.2) is 60.7 Å². The number of carbonyl (C=O) groups excluding carboxylic acids is 3. The van der Waals surface area contributed by atoms with E-state index >= 15 is 0 Å². The Morgan fingerprint density at radius 2 is 1.55 bits per heavy atom. The molecule has 31 heavy (non-hydrogen) atoms. The molecule has 5 rings (SSSR count). The standard InChI is InChI=1S/C25H24N2O4/c1-31-20-6-4-5-18(13-20)16-9-11-17(12-10-16)23(28)26-14-19(15-26)27-24(29)21-7-2-3-8-22(21)25(27)30/h2-6,9-13,19,21-22H,7-8,14-15H2,1H3. The van der Waals surface area contributed by atoms with Gasteiger partial charge in [-0.05, 0) is 48.2 Å². The molecule has 2 aromatic rings. The van der Waals surface area contributed by atoms with Crippen molar-refractivity contribution >= 4 is 17.7 Å². The van der Waals surface area contributed by atoms with E-state index in [4.69, 9.17) is 4.74 Å². The summed E-state index contributed by atoms with van der Waals surface area (Å²) in [7, 11) is 1.63. The molecule has 2 aliphatic heterocycles. The number of hydrogen-bond donors (Lipinski definition) is 0. The normalized spacial score (nSPS) is 23.0. The molecule has 3 amide bonds. The SMILES string of the molecule is COc1cccc(-c2ccc(C(=O)N3CC(N4C(=O)C5CC=CCC5C4=O)C3)cc2)c1. The first-order valence-electron chi connectivity index (χ1n) is 10.6. The average molecular weight is 416 g/mol. The zero-order chi connectivity index (χ0) is 21.5. The highest BCUT2D eigenvalue weighted by molar-refractivity contribution is 6.06. The number of benzene rings is 2. The smallest absolute Gasteiger partial charge is 0.253 e. The molecule has 6 heteroatoms. The van der Waals surface area contributed by atoms with E-state index in [2.05, 4.69) is 0 Å². The van der Waals surface area contributed by atoms with Crippen LogP contribution in [0.4, 0.5) is 0 Å². The molecule has 3 aliphatic rings. The lowest BCUT2D eigenvalue weighted by atomic mass is 9.85. The lowest BCUT2D eigenvalue weighted by Gasteiger charge is -2.43. The lowest BCUT2D eigenvalue weighted by Crippen LogP contribution is -2.62. The molecule has 158 valence electrons. The highest BCUT2D eigenvalue weighted by Gasteiger charge is 2.52. The van der Waals surface area contributed by atoms with Crippen molar-refractivity contribution in [1.29, 1.82) is 0 Å². The van der Waals surface area contributed by atoms with E-state index in [1.807, 2.05) is 60.7 Å². The number of amides is 3. The van der Waals surface area contributed by atoms with Crippen LogP contribution in [0.25, 0.3) is 11.1 Å². The number of likely N-dealkylation sites (tertiary alicyclic amines) is 2. The van der Waals surface area contributed by atoms with Crippen LogP contribution in [-0.4, -0.2) is 53.8 Å². The number of ether oxygens (including phenoxy) is 1. The van der Waals surface area contributed by atoms with Crippen molar-refractivity contribution in [2.45, 2.75) is 18.9 Å². The molecule has 2 atom stereocenters. The van der Waals surface area contributed by atoms with Crippen LogP contribution >= 0.6 is 0 Å². The molecule has 0 N–H and O–H groups in total. The topological polar surface area (TPSA) is 66.9 Å². The van der Waals surface area contributed by atoms with Crippen molar-refractivity contribution in [3.63, 3.8) is 0 Å². The van der Waals surface area contributed by atoms with E-state index in [0.29, 0.717) is 31.5 Å². The monoisotopic (exact) mass is 416 g/mol. The summed E-state index contributed by atoms with van der Waals surface area (Å²) in [4.78, 5) is 41.4. The molecule has 2 fully saturated rings. The summed E-state index contributed by atoms with van der Waals surface area (Å²) < 4.78 is 5.27. The van der Waals surface area contributed by atoms with E-state index in [0.717, 1.165) is 16.9 Å². The summed E-state index contributed by atoms with van der Waals surface area (Å²) in [6.45, 7) is 0.807. The number of rotatable bonds is 4. The number of allylic oxidation sites excluding steroid dienone is 2. The van der Waals surface area contributed by atoms with Crippen LogP contribution < -0.4 is 4.74 Å². The molecule has 2 aromatic carbocycles. The average Bonchev–Trinajstić information content (AvgIpc) is 3.03. The number of carbonyl (C=O) groups is 3. The van der Waals surface area contributed by atoms with E-state index in [9.17, 15) is 14.4 Å². The fourth-order valence-electron chi connectivity index (χ4n) is 4.76. The summed E-state index contributed by atoms with van der Waals surface area (Å²) >= 11 is 0. The van der Waals surface area contributed by atoms with Gasteiger partial charge >= 0.3 is 0 Å². The molecule has 1 aliphatic carbocycles. The van der Waals surface area contributed by atoms with E-state index in [1.54, 1.807) is 12.0 Å². The molecule has 2 unspecified atom stereocenters. The summed E-state index contributed by atoms with van der Waals surface area (Å²) in [5, 5.41) is 0. The third-order valence-corrected chi connectivity index (χ3v) is 6.59. The van der Waals surface area contributed by atoms with Crippen LogP contribution in [0.5, 0.6) is 5.75 Å². The Morgan fingerprint density at radius 1 is 0.903 bits per heavy atom. The Labute approximate surface area is 181 Å². The second-order valence-corrected chi connectivity index (χ2v) is 8.38. The fraction of sp³-hybridized carbons (Fsp3) is 0.320. The molecule has 0 aromatic heterocycles. The van der Waals surface area contributed by atoms with Gasteiger partial charge in [0.15, 0.2) is 0 Å². The van der Waals surface area contributed by atoms with Gasteiger partial charge < -0.3 is 9.64 Å². The van der Waals surface area contributed by atoms with Crippen LogP contribution in [0.3, 0.4) is 0 Å². The predicted octanol–water partition coefficient (Wildman–Crippen LogP) is 3.14. The molecule has 2 saturated heterocycles. The lowest BCUT2D eigenvalue weighted by molar-refractivity contribution is -0.145. The second-order valence-electron chi connectivity index (χ2n) is 8.38. The Bertz CT molecular complexity index is 1040. The summed E-state index contributed by atoms with van der Waals surface area (Å²) in [5.74, 6) is 0.133. The van der Waals surface area contributed by atoms with Crippen molar-refractivity contribution in [3.05, 3.63) is 66.2 Å². The maximum atomic E-state index is 12.9. The van der Waals surface area contributed by atoms with Gasteiger partial charge in [-0.1, -0.05) is 36.4 Å². The van der Waals surface area contributed by atoms with Gasteiger partial charge in [0.05, 0.1) is 25.0 Å². The van der Waals surface area contributed by atoms with Crippen molar-refractivity contribution in [3.8, 4) is 16.9 Å². The summed E-state index contributed by atoms with van der Waals surface area (Å²) in [6, 6.07) is 15.0. The highest BCUT2D eigenvalue weighted by atomic mass is 16.5. The van der Waals surface area contributed by atoms with E-state index in [1.165, 1.54) is 4.90 Å². The maximum absolute atomic E-state index is 12.9. The number of methoxy groups -OCH3 is 1. The van der Waals surface area contributed by atoms with Gasteiger partial charge in [-0.2, -0.15) is 0 Å². The molecule has 2 heterocycles. The zero-order valence-corrected chi connectivity index (χ0v) is 17.4. The molecular weight excluding hydrogens is 392 g/mol. The Balaban J connectivity index is 1.23. The molecule has 0 saturated carbocycles. The van der Waals surface area contributed by atoms with Gasteiger partial charge in [0.1, 0.15) is 5.75 Å². The fourth-order valence-corrected chi connectivity index (χ4v) is 4.76. The molecule has 0 bridgehead atoms. The first-order valence-corrected chi connectivity index (χ1v) is 10.6. The zero-order valence-electron chi connectivity index (χ0n) is 17.4. The van der Waals surface area contributed by atoms with Gasteiger partial charge in [-0.15, -0.1) is 0 Å². The molecule has 0 radical (unpaired) electrons. The number of imide groups is 1. The first-order chi connectivity index (χ1) is 15.1. The minimum atomic E-state index is -0.216. The molecular formula is C25H24N2O4. The van der Waals surface area contributed by atoms with Gasteiger partial charge in [0, 0.05) is 18.7 Å². The second kappa shape index (κ2) is 7.69. The predicted molar refractivity (Wildman–Crippen MR) is 115 cm³/mol. The third kappa shape index (κ3) is 3.32. The van der Waals surface area contributed by atoms with Gasteiger partial charge in [-0.3, -0.25) is 19.3 Å². The van der Waals surface area contributed by atoms with Crippen LogP contribution in [0.1, 0.15) is 23.2 Å². The Kier molecular flexibility index (Phi) is 4.85. The quantitative estimate of drug-likeness (QED) is 0.567. The van der Waals surface area contributed by atoms with Crippen molar-refractivity contribution in [1.82, 2.24) is 9.80 Å². The van der Waals surface area contributed by atoms with Crippen LogP contribution in [0.2, 0.25) is 0 Å². The first kappa shape index (κ1) is 19.5. The Morgan fingerprint density at radius 3 is 2.16 bits per heavy atom. The minimum Gasteiger partial charge on any atom is -0.497 e. The number of nitrogens with zero attached hydrogens (tertiary/aromatic N) is 2.